The predicted molar refractivity (Wildman–Crippen MR) is 133 cm³/mol. The smallest absolute Gasteiger partial charge is 0.242 e. The van der Waals surface area contributed by atoms with E-state index in [0.717, 1.165) is 57.1 Å². The molecule has 0 spiro atoms. The van der Waals surface area contributed by atoms with Crippen LogP contribution in [0, 0.1) is 0 Å². The monoisotopic (exact) mass is 450 g/mol. The molecule has 2 saturated heterocycles. The summed E-state index contributed by atoms with van der Waals surface area (Å²) < 4.78 is 5.58. The number of likely N-dealkylation sites (tertiary alicyclic amines) is 2. The van der Waals surface area contributed by atoms with E-state index in [2.05, 4.69) is 33.0 Å². The number of hydrogen-bond donors (Lipinski definition) is 0. The number of pyridine rings is 1. The van der Waals surface area contributed by atoms with Crippen LogP contribution in [-0.2, 0) is 4.79 Å². The molecule has 1 aromatic heterocycles. The third kappa shape index (κ3) is 6.55. The highest BCUT2D eigenvalue weighted by Crippen LogP contribution is 2.33. The van der Waals surface area contributed by atoms with Crippen molar-refractivity contribution in [1.29, 1.82) is 0 Å². The van der Waals surface area contributed by atoms with Crippen molar-refractivity contribution in [2.75, 3.05) is 57.8 Å². The Morgan fingerprint density at radius 1 is 0.970 bits per heavy atom. The highest BCUT2D eigenvalue weighted by Gasteiger charge is 2.25. The third-order valence-electron chi connectivity index (χ3n) is 7.09. The largest absolute Gasteiger partial charge is 0.496 e. The molecular weight excluding hydrogens is 412 g/mol. The summed E-state index contributed by atoms with van der Waals surface area (Å²) in [7, 11) is 1.75. The molecule has 2 aliphatic rings. The molecule has 4 rings (SSSR count). The fourth-order valence-electron chi connectivity index (χ4n) is 5.16. The molecule has 0 bridgehead atoms. The highest BCUT2D eigenvalue weighted by molar-refractivity contribution is 5.93. The average Bonchev–Trinajstić information content (AvgIpc) is 3.14. The predicted octanol–water partition coefficient (Wildman–Crippen LogP) is 4.18. The van der Waals surface area contributed by atoms with Crippen LogP contribution in [0.15, 0.2) is 48.7 Å². The van der Waals surface area contributed by atoms with Crippen molar-refractivity contribution in [1.82, 2.24) is 14.8 Å². The molecule has 2 aromatic rings. The first-order valence-electron chi connectivity index (χ1n) is 12.5. The van der Waals surface area contributed by atoms with Gasteiger partial charge >= 0.3 is 0 Å². The van der Waals surface area contributed by atoms with Crippen molar-refractivity contribution < 1.29 is 9.53 Å². The topological polar surface area (TPSA) is 48.9 Å². The van der Waals surface area contributed by atoms with Crippen LogP contribution in [0.5, 0.6) is 5.75 Å². The Hall–Kier alpha value is -2.44. The minimum atomic E-state index is 0.166. The van der Waals surface area contributed by atoms with Gasteiger partial charge in [-0.1, -0.05) is 37.1 Å². The maximum atomic E-state index is 13.3. The van der Waals surface area contributed by atoms with E-state index in [-0.39, 0.29) is 5.91 Å². The van der Waals surface area contributed by atoms with Crippen LogP contribution >= 0.6 is 0 Å². The molecule has 2 aliphatic heterocycles. The molecule has 6 heteroatoms. The van der Waals surface area contributed by atoms with Crippen molar-refractivity contribution >= 4 is 11.7 Å². The molecule has 1 aromatic carbocycles. The van der Waals surface area contributed by atoms with E-state index < -0.39 is 0 Å². The SMILES string of the molecule is COc1ccccc1C1CCN(CCN(C(=O)CN2CCCCCC2)c2ccccn2)CC1. The molecule has 0 atom stereocenters. The van der Waals surface area contributed by atoms with Crippen molar-refractivity contribution in [3.05, 3.63) is 54.2 Å². The quantitative estimate of drug-likeness (QED) is 0.604. The zero-order valence-electron chi connectivity index (χ0n) is 20.0. The second-order valence-electron chi connectivity index (χ2n) is 9.28. The van der Waals surface area contributed by atoms with Crippen LogP contribution in [0.25, 0.3) is 0 Å². The second kappa shape index (κ2) is 12.1. The van der Waals surface area contributed by atoms with Crippen molar-refractivity contribution in [3.63, 3.8) is 0 Å². The molecule has 2 fully saturated rings. The summed E-state index contributed by atoms with van der Waals surface area (Å²) in [6.07, 6.45) is 8.95. The molecular formula is C27H38N4O2. The first kappa shape index (κ1) is 23.7. The Labute approximate surface area is 198 Å². The van der Waals surface area contributed by atoms with Crippen LogP contribution in [0.4, 0.5) is 5.82 Å². The molecule has 0 saturated carbocycles. The summed E-state index contributed by atoms with van der Waals surface area (Å²) in [5, 5.41) is 0. The van der Waals surface area contributed by atoms with Crippen LogP contribution in [0.3, 0.4) is 0 Å². The number of amides is 1. The highest BCUT2D eigenvalue weighted by atomic mass is 16.5. The first-order chi connectivity index (χ1) is 16.2. The number of carbonyl (C=O) groups excluding carboxylic acids is 1. The minimum Gasteiger partial charge on any atom is -0.496 e. The Balaban J connectivity index is 1.34. The standard InChI is InChI=1S/C27H38N4O2/c1-33-25-11-5-4-10-24(25)23-13-18-29(19-14-23)20-21-31(26-12-6-7-15-28-26)27(32)22-30-16-8-2-3-9-17-30/h4-7,10-12,15,23H,2-3,8-9,13-14,16-22H2,1H3. The van der Waals surface area contributed by atoms with Crippen molar-refractivity contribution in [3.8, 4) is 5.75 Å². The number of rotatable bonds is 8. The summed E-state index contributed by atoms with van der Waals surface area (Å²) in [6, 6.07) is 14.2. The van der Waals surface area contributed by atoms with Gasteiger partial charge in [-0.05, 0) is 81.5 Å². The fraction of sp³-hybridized carbons (Fsp3) is 0.556. The van der Waals surface area contributed by atoms with E-state index in [1.165, 1.54) is 31.2 Å². The minimum absolute atomic E-state index is 0.166. The van der Waals surface area contributed by atoms with E-state index in [1.807, 2.05) is 29.2 Å². The zero-order valence-corrected chi connectivity index (χ0v) is 20.0. The molecule has 6 nitrogen and oxygen atoms in total. The van der Waals surface area contributed by atoms with Gasteiger partial charge in [-0.25, -0.2) is 4.98 Å². The Morgan fingerprint density at radius 3 is 2.39 bits per heavy atom. The number of piperidine rings is 1. The Kier molecular flexibility index (Phi) is 8.72. The lowest BCUT2D eigenvalue weighted by molar-refractivity contribution is -0.119. The van der Waals surface area contributed by atoms with E-state index >= 15 is 0 Å². The zero-order chi connectivity index (χ0) is 22.9. The van der Waals surface area contributed by atoms with Gasteiger partial charge in [0.05, 0.1) is 13.7 Å². The van der Waals surface area contributed by atoms with Crippen LogP contribution in [0.1, 0.15) is 50.0 Å². The van der Waals surface area contributed by atoms with Gasteiger partial charge in [-0.2, -0.15) is 0 Å². The summed E-state index contributed by atoms with van der Waals surface area (Å²) in [6.45, 7) is 6.19. The van der Waals surface area contributed by atoms with Gasteiger partial charge in [0.2, 0.25) is 5.91 Å². The lowest BCUT2D eigenvalue weighted by Crippen LogP contribution is -2.45. The lowest BCUT2D eigenvalue weighted by Gasteiger charge is -2.34. The summed E-state index contributed by atoms with van der Waals surface area (Å²) in [4.78, 5) is 24.5. The van der Waals surface area contributed by atoms with Gasteiger partial charge in [0.25, 0.3) is 0 Å². The molecule has 0 N–H and O–H groups in total. The van der Waals surface area contributed by atoms with E-state index in [0.29, 0.717) is 19.0 Å². The maximum absolute atomic E-state index is 13.3. The van der Waals surface area contributed by atoms with Gasteiger partial charge in [-0.15, -0.1) is 0 Å². The van der Waals surface area contributed by atoms with Crippen molar-refractivity contribution in [2.24, 2.45) is 0 Å². The Bertz CT molecular complexity index is 859. The van der Waals surface area contributed by atoms with Gasteiger partial charge in [0.1, 0.15) is 11.6 Å². The number of aromatic nitrogens is 1. The summed E-state index contributed by atoms with van der Waals surface area (Å²) in [5.41, 5.74) is 1.32. The average molecular weight is 451 g/mol. The van der Waals surface area contributed by atoms with Crippen molar-refractivity contribution in [2.45, 2.75) is 44.4 Å². The lowest BCUT2D eigenvalue weighted by atomic mass is 9.89. The maximum Gasteiger partial charge on any atom is 0.242 e. The number of hydrogen-bond acceptors (Lipinski definition) is 5. The molecule has 178 valence electrons. The number of para-hydroxylation sites is 1. The number of anilines is 1. The number of carbonyl (C=O) groups is 1. The molecule has 0 radical (unpaired) electrons. The van der Waals surface area contributed by atoms with Gasteiger partial charge in [-0.3, -0.25) is 14.6 Å². The molecule has 0 unspecified atom stereocenters. The molecule has 33 heavy (non-hydrogen) atoms. The van der Waals surface area contributed by atoms with Gasteiger partial charge < -0.3 is 9.64 Å². The first-order valence-corrected chi connectivity index (χ1v) is 12.5. The molecule has 0 aliphatic carbocycles. The van der Waals surface area contributed by atoms with E-state index in [1.54, 1.807) is 13.3 Å². The Morgan fingerprint density at radius 2 is 1.70 bits per heavy atom. The van der Waals surface area contributed by atoms with Crippen LogP contribution < -0.4 is 9.64 Å². The van der Waals surface area contributed by atoms with Gasteiger partial charge in [0, 0.05) is 19.3 Å². The molecule has 1 amide bonds. The number of ether oxygens (including phenoxy) is 1. The summed E-state index contributed by atoms with van der Waals surface area (Å²) >= 11 is 0. The van der Waals surface area contributed by atoms with Gasteiger partial charge in [0.15, 0.2) is 0 Å². The van der Waals surface area contributed by atoms with Crippen LogP contribution in [-0.4, -0.2) is 73.6 Å². The third-order valence-corrected chi connectivity index (χ3v) is 7.09. The molecule has 3 heterocycles. The van der Waals surface area contributed by atoms with E-state index in [4.69, 9.17) is 4.74 Å². The number of methoxy groups -OCH3 is 1. The second-order valence-corrected chi connectivity index (χ2v) is 9.28. The normalized spacial score (nSPS) is 18.6. The van der Waals surface area contributed by atoms with E-state index in [9.17, 15) is 4.79 Å². The van der Waals surface area contributed by atoms with Crippen LogP contribution in [0.2, 0.25) is 0 Å². The fourth-order valence-corrected chi connectivity index (χ4v) is 5.16. The number of benzene rings is 1. The number of nitrogens with zero attached hydrogens (tertiary/aromatic N) is 4. The summed E-state index contributed by atoms with van der Waals surface area (Å²) in [5.74, 6) is 2.46.